The van der Waals surface area contributed by atoms with Gasteiger partial charge >= 0.3 is 6.03 Å². The van der Waals surface area contributed by atoms with Crippen molar-refractivity contribution in [2.75, 3.05) is 6.54 Å². The van der Waals surface area contributed by atoms with Crippen LogP contribution in [0.15, 0.2) is 54.9 Å². The molecule has 29 heavy (non-hydrogen) atoms. The summed E-state index contributed by atoms with van der Waals surface area (Å²) in [7, 11) is 0. The Morgan fingerprint density at radius 1 is 1.14 bits per heavy atom. The number of nitrogens with one attached hydrogen (secondary N) is 2. The van der Waals surface area contributed by atoms with Gasteiger partial charge in [-0.1, -0.05) is 43.2 Å². The van der Waals surface area contributed by atoms with Gasteiger partial charge in [-0.05, 0) is 30.5 Å². The molecular weight excluding hydrogens is 364 g/mol. The fourth-order valence-corrected chi connectivity index (χ4v) is 4.87. The molecule has 7 heteroatoms. The third kappa shape index (κ3) is 3.26. The summed E-state index contributed by atoms with van der Waals surface area (Å²) in [6, 6.07) is 14.3. The van der Waals surface area contributed by atoms with Crippen LogP contribution in [0.2, 0.25) is 0 Å². The van der Waals surface area contributed by atoms with E-state index in [-0.39, 0.29) is 17.5 Å². The molecule has 3 aromatic rings. The van der Waals surface area contributed by atoms with Crippen molar-refractivity contribution in [3.63, 3.8) is 0 Å². The van der Waals surface area contributed by atoms with Gasteiger partial charge in [0.25, 0.3) is 0 Å². The van der Waals surface area contributed by atoms with Gasteiger partial charge in [0, 0.05) is 29.9 Å². The molecule has 5 rings (SSSR count). The van der Waals surface area contributed by atoms with Crippen LogP contribution in [0.25, 0.3) is 11.4 Å². The molecule has 1 atom stereocenters. The Morgan fingerprint density at radius 3 is 2.66 bits per heavy atom. The molecule has 2 aromatic heterocycles. The van der Waals surface area contributed by atoms with Crippen LogP contribution >= 0.6 is 0 Å². The summed E-state index contributed by atoms with van der Waals surface area (Å²) in [5.41, 5.74) is 2.37. The zero-order chi connectivity index (χ0) is 19.7. The van der Waals surface area contributed by atoms with Gasteiger partial charge in [-0.15, -0.1) is 0 Å². The Kier molecular flexibility index (Phi) is 4.50. The highest BCUT2D eigenvalue weighted by atomic mass is 16.2. The zero-order valence-corrected chi connectivity index (χ0v) is 16.2. The molecule has 1 unspecified atom stereocenters. The van der Waals surface area contributed by atoms with Gasteiger partial charge < -0.3 is 10.2 Å². The summed E-state index contributed by atoms with van der Waals surface area (Å²) < 4.78 is 0. The lowest BCUT2D eigenvalue weighted by atomic mass is 9.67. The molecule has 0 radical (unpaired) electrons. The average Bonchev–Trinajstić information content (AvgIpc) is 3.43. The molecule has 2 aliphatic rings. The maximum atomic E-state index is 12.9. The fraction of sp³-hybridized carbons (Fsp3) is 0.364. The van der Waals surface area contributed by atoms with Crippen molar-refractivity contribution >= 4 is 6.03 Å². The quantitative estimate of drug-likeness (QED) is 0.714. The second-order valence-electron chi connectivity index (χ2n) is 8.01. The maximum absolute atomic E-state index is 12.9. The van der Waals surface area contributed by atoms with Gasteiger partial charge in [-0.25, -0.2) is 9.78 Å². The summed E-state index contributed by atoms with van der Waals surface area (Å²) in [4.78, 5) is 23.4. The van der Waals surface area contributed by atoms with E-state index in [9.17, 15) is 4.79 Å². The molecule has 1 spiro atoms. The van der Waals surface area contributed by atoms with E-state index in [0.717, 1.165) is 12.1 Å². The van der Waals surface area contributed by atoms with Crippen LogP contribution in [0.4, 0.5) is 4.79 Å². The van der Waals surface area contributed by atoms with E-state index in [1.165, 1.54) is 31.2 Å². The number of likely N-dealkylation sites (tertiary alicyclic amines) is 1. The first kappa shape index (κ1) is 17.8. The third-order valence-electron chi connectivity index (χ3n) is 6.23. The Bertz CT molecular complexity index is 981. The summed E-state index contributed by atoms with van der Waals surface area (Å²) in [5.74, 6) is 1.24. The van der Waals surface area contributed by atoms with Gasteiger partial charge in [0.1, 0.15) is 5.82 Å². The number of pyridine rings is 1. The predicted molar refractivity (Wildman–Crippen MR) is 109 cm³/mol. The van der Waals surface area contributed by atoms with Crippen LogP contribution in [0.1, 0.15) is 43.1 Å². The second-order valence-corrected chi connectivity index (χ2v) is 8.01. The first-order valence-electron chi connectivity index (χ1n) is 10.2. The normalized spacial score (nSPS) is 19.9. The summed E-state index contributed by atoms with van der Waals surface area (Å²) >= 11 is 0. The lowest BCUT2D eigenvalue weighted by molar-refractivity contribution is -0.0396. The molecular formula is C22H24N6O. The van der Waals surface area contributed by atoms with Crippen molar-refractivity contribution in [2.45, 2.75) is 38.3 Å². The molecule has 3 heterocycles. The Hall–Kier alpha value is -3.22. The minimum Gasteiger partial charge on any atom is -0.331 e. The number of benzene rings is 1. The highest BCUT2D eigenvalue weighted by Crippen LogP contribution is 2.58. The van der Waals surface area contributed by atoms with Crippen molar-refractivity contribution in [1.82, 2.24) is 30.4 Å². The minimum absolute atomic E-state index is 0.0433. The lowest BCUT2D eigenvalue weighted by Crippen LogP contribution is -2.61. The van der Waals surface area contributed by atoms with E-state index in [1.807, 2.05) is 23.1 Å². The monoisotopic (exact) mass is 388 g/mol. The number of aromatic nitrogens is 4. The zero-order valence-electron chi connectivity index (χ0n) is 16.2. The predicted octanol–water partition coefficient (Wildman–Crippen LogP) is 3.69. The Balaban J connectivity index is 1.27. The molecule has 2 amide bonds. The molecule has 1 aliphatic heterocycles. The highest BCUT2D eigenvalue weighted by molar-refractivity contribution is 5.76. The number of hydrogen-bond donors (Lipinski definition) is 2. The summed E-state index contributed by atoms with van der Waals surface area (Å²) in [5, 5.41) is 10.2. The first-order valence-corrected chi connectivity index (χ1v) is 10.2. The number of carbonyl (C=O) groups is 1. The fourth-order valence-electron chi connectivity index (χ4n) is 4.87. The molecule has 0 bridgehead atoms. The molecule has 1 saturated heterocycles. The molecule has 1 saturated carbocycles. The lowest BCUT2D eigenvalue weighted by Gasteiger charge is -2.56. The Morgan fingerprint density at radius 2 is 1.90 bits per heavy atom. The maximum Gasteiger partial charge on any atom is 0.318 e. The van der Waals surface area contributed by atoms with Gasteiger partial charge in [-0.3, -0.25) is 10.1 Å². The topological polar surface area (TPSA) is 86.8 Å². The van der Waals surface area contributed by atoms with Crippen LogP contribution in [-0.4, -0.2) is 37.6 Å². The van der Waals surface area contributed by atoms with E-state index < -0.39 is 0 Å². The smallest absolute Gasteiger partial charge is 0.318 e. The summed E-state index contributed by atoms with van der Waals surface area (Å²) in [6.45, 7) is 1.15. The average molecular weight is 388 g/mol. The van der Waals surface area contributed by atoms with E-state index in [1.54, 1.807) is 12.4 Å². The van der Waals surface area contributed by atoms with E-state index in [2.05, 4.69) is 49.7 Å². The van der Waals surface area contributed by atoms with Gasteiger partial charge in [0.15, 0.2) is 5.82 Å². The number of nitrogens with zero attached hydrogens (tertiary/aromatic N) is 4. The number of aromatic amines is 1. The molecule has 2 fully saturated rings. The number of rotatable bonds is 4. The second kappa shape index (κ2) is 7.31. The van der Waals surface area contributed by atoms with E-state index in [0.29, 0.717) is 18.2 Å². The van der Waals surface area contributed by atoms with Gasteiger partial charge in [0.2, 0.25) is 0 Å². The molecule has 1 aromatic carbocycles. The number of hydrogen-bond acceptors (Lipinski definition) is 4. The number of amides is 2. The van der Waals surface area contributed by atoms with Crippen molar-refractivity contribution < 1.29 is 4.79 Å². The van der Waals surface area contributed by atoms with Crippen LogP contribution in [0.5, 0.6) is 0 Å². The number of carbonyl (C=O) groups excluding carboxylic acids is 1. The summed E-state index contributed by atoms with van der Waals surface area (Å²) in [6.07, 6.45) is 8.34. The number of H-pyrrole nitrogens is 1. The van der Waals surface area contributed by atoms with Crippen molar-refractivity contribution in [1.29, 1.82) is 0 Å². The van der Waals surface area contributed by atoms with Crippen molar-refractivity contribution in [3.8, 4) is 11.4 Å². The van der Waals surface area contributed by atoms with Gasteiger partial charge in [0.05, 0.1) is 12.6 Å². The molecule has 7 nitrogen and oxygen atoms in total. The van der Waals surface area contributed by atoms with Crippen LogP contribution in [0, 0.1) is 5.41 Å². The third-order valence-corrected chi connectivity index (χ3v) is 6.23. The molecule has 148 valence electrons. The highest BCUT2D eigenvalue weighted by Gasteiger charge is 2.55. The molecule has 2 N–H and O–H groups in total. The SMILES string of the molecule is O=C(NCc1nc(-c2ccncc2)n[nH]1)N1CC2(CCCC2)C1c1ccccc1. The van der Waals surface area contributed by atoms with Gasteiger partial charge in [-0.2, -0.15) is 5.10 Å². The van der Waals surface area contributed by atoms with E-state index in [4.69, 9.17) is 0 Å². The van der Waals surface area contributed by atoms with E-state index >= 15 is 0 Å². The Labute approximate surface area is 169 Å². The van der Waals surface area contributed by atoms with Crippen molar-refractivity contribution in [2.24, 2.45) is 5.41 Å². The first-order chi connectivity index (χ1) is 14.3. The largest absolute Gasteiger partial charge is 0.331 e. The van der Waals surface area contributed by atoms with Crippen LogP contribution in [-0.2, 0) is 6.54 Å². The van der Waals surface area contributed by atoms with Crippen LogP contribution in [0.3, 0.4) is 0 Å². The van der Waals surface area contributed by atoms with Crippen LogP contribution < -0.4 is 5.32 Å². The standard InChI is InChI=1S/C22H24N6O/c29-21(24-14-18-25-20(27-26-18)17-8-12-23-13-9-17)28-15-22(10-4-5-11-22)19(28)16-6-2-1-3-7-16/h1-3,6-9,12-13,19H,4-5,10-11,14-15H2,(H,24,29)(H,25,26,27). The molecule has 1 aliphatic carbocycles. The number of urea groups is 1. The van der Waals surface area contributed by atoms with Crippen molar-refractivity contribution in [3.05, 3.63) is 66.2 Å². The minimum atomic E-state index is -0.0433.